The predicted octanol–water partition coefficient (Wildman–Crippen LogP) is 1.96. The van der Waals surface area contributed by atoms with Gasteiger partial charge >= 0.3 is 0 Å². The van der Waals surface area contributed by atoms with Gasteiger partial charge < -0.3 is 10.0 Å². The molecule has 1 aromatic rings. The first-order chi connectivity index (χ1) is 8.04. The van der Waals surface area contributed by atoms with E-state index < -0.39 is 4.92 Å². The van der Waals surface area contributed by atoms with E-state index in [1.54, 1.807) is 4.90 Å². The second-order valence-electron chi connectivity index (χ2n) is 3.45. The molecule has 1 N–H and O–H groups in total. The topological polar surface area (TPSA) is 83.7 Å². The van der Waals surface area contributed by atoms with Crippen LogP contribution in [0.4, 0.5) is 11.4 Å². The first-order valence-corrected chi connectivity index (χ1v) is 5.26. The largest absolute Gasteiger partial charge is 0.507 e. The quantitative estimate of drug-likeness (QED) is 0.481. The zero-order chi connectivity index (χ0) is 13.0. The van der Waals surface area contributed by atoms with E-state index in [9.17, 15) is 20.0 Å². The third kappa shape index (κ3) is 2.52. The van der Waals surface area contributed by atoms with E-state index in [-0.39, 0.29) is 17.0 Å². The fourth-order valence-corrected chi connectivity index (χ4v) is 1.64. The van der Waals surface area contributed by atoms with Gasteiger partial charge in [0, 0.05) is 25.2 Å². The van der Waals surface area contributed by atoms with Crippen LogP contribution in [0.5, 0.6) is 5.75 Å². The summed E-state index contributed by atoms with van der Waals surface area (Å²) in [5, 5.41) is 20.5. The van der Waals surface area contributed by atoms with Crippen molar-refractivity contribution in [3.8, 4) is 5.75 Å². The lowest BCUT2D eigenvalue weighted by atomic mass is 10.1. The molecule has 6 nitrogen and oxygen atoms in total. The molecule has 0 heterocycles. The van der Waals surface area contributed by atoms with Gasteiger partial charge in [-0.05, 0) is 13.8 Å². The average molecular weight is 238 g/mol. The van der Waals surface area contributed by atoms with Crippen LogP contribution in [0.2, 0.25) is 0 Å². The maximum Gasteiger partial charge on any atom is 0.293 e. The summed E-state index contributed by atoms with van der Waals surface area (Å²) < 4.78 is 0. The predicted molar refractivity (Wildman–Crippen MR) is 63.7 cm³/mol. The molecule has 0 bridgehead atoms. The standard InChI is InChI=1S/C11H14N2O4/c1-3-12(4-2)9-6-11(15)8(7-14)5-10(9)13(16)17/h5-7,15H,3-4H2,1-2H3. The number of aldehydes is 1. The smallest absolute Gasteiger partial charge is 0.293 e. The van der Waals surface area contributed by atoms with Gasteiger partial charge in [0.25, 0.3) is 5.69 Å². The molecule has 0 saturated carbocycles. The van der Waals surface area contributed by atoms with Crippen LogP contribution < -0.4 is 4.90 Å². The van der Waals surface area contributed by atoms with Gasteiger partial charge in [-0.1, -0.05) is 0 Å². The number of hydrogen-bond donors (Lipinski definition) is 1. The number of phenolic OH excluding ortho intramolecular Hbond substituents is 1. The normalized spacial score (nSPS) is 10.0. The lowest BCUT2D eigenvalue weighted by Gasteiger charge is -2.21. The molecule has 17 heavy (non-hydrogen) atoms. The maximum atomic E-state index is 10.9. The summed E-state index contributed by atoms with van der Waals surface area (Å²) in [4.78, 5) is 22.7. The molecule has 0 atom stereocenters. The molecule has 0 fully saturated rings. The number of carbonyl (C=O) groups is 1. The van der Waals surface area contributed by atoms with Crippen molar-refractivity contribution in [3.05, 3.63) is 27.8 Å². The van der Waals surface area contributed by atoms with Crippen LogP contribution in [0.3, 0.4) is 0 Å². The molecule has 1 aromatic carbocycles. The molecule has 0 aliphatic heterocycles. The molecule has 0 aromatic heterocycles. The van der Waals surface area contributed by atoms with Gasteiger partial charge in [-0.15, -0.1) is 0 Å². The molecule has 0 saturated heterocycles. The molecule has 0 unspecified atom stereocenters. The van der Waals surface area contributed by atoms with E-state index in [1.807, 2.05) is 13.8 Å². The van der Waals surface area contributed by atoms with Crippen LogP contribution in [-0.4, -0.2) is 29.4 Å². The number of phenols is 1. The number of aromatic hydroxyl groups is 1. The highest BCUT2D eigenvalue weighted by atomic mass is 16.6. The summed E-state index contributed by atoms with van der Waals surface area (Å²) in [7, 11) is 0. The first-order valence-electron chi connectivity index (χ1n) is 5.26. The van der Waals surface area contributed by atoms with E-state index in [2.05, 4.69) is 0 Å². The minimum absolute atomic E-state index is 0.0763. The van der Waals surface area contributed by atoms with E-state index in [1.165, 1.54) is 6.07 Å². The molecule has 0 radical (unpaired) electrons. The summed E-state index contributed by atoms with van der Waals surface area (Å²) >= 11 is 0. The van der Waals surface area contributed by atoms with Crippen molar-refractivity contribution >= 4 is 17.7 Å². The van der Waals surface area contributed by atoms with E-state index >= 15 is 0 Å². The average Bonchev–Trinajstić information content (AvgIpc) is 2.30. The van der Waals surface area contributed by atoms with E-state index in [4.69, 9.17) is 0 Å². The third-order valence-corrected chi connectivity index (χ3v) is 2.55. The summed E-state index contributed by atoms with van der Waals surface area (Å²) in [5.74, 6) is -0.243. The van der Waals surface area contributed by atoms with Gasteiger partial charge in [0.05, 0.1) is 10.5 Å². The first kappa shape index (κ1) is 13.0. The lowest BCUT2D eigenvalue weighted by molar-refractivity contribution is -0.384. The minimum atomic E-state index is -0.555. The van der Waals surface area contributed by atoms with Crippen molar-refractivity contribution in [1.29, 1.82) is 0 Å². The SMILES string of the molecule is CCN(CC)c1cc(O)c(C=O)cc1[N+](=O)[O-]. The monoisotopic (exact) mass is 238 g/mol. The summed E-state index contributed by atoms with van der Waals surface area (Å²) in [6.07, 6.45) is 0.397. The van der Waals surface area contributed by atoms with Crippen molar-refractivity contribution in [3.63, 3.8) is 0 Å². The van der Waals surface area contributed by atoms with Crippen LogP contribution in [-0.2, 0) is 0 Å². The van der Waals surface area contributed by atoms with Crippen LogP contribution in [0, 0.1) is 10.1 Å². The second kappa shape index (κ2) is 5.29. The van der Waals surface area contributed by atoms with Gasteiger partial charge in [-0.2, -0.15) is 0 Å². The molecule has 92 valence electrons. The van der Waals surface area contributed by atoms with E-state index in [0.717, 1.165) is 6.07 Å². The zero-order valence-electron chi connectivity index (χ0n) is 9.71. The van der Waals surface area contributed by atoms with Gasteiger partial charge in [-0.3, -0.25) is 14.9 Å². The Morgan fingerprint density at radius 2 is 2.00 bits per heavy atom. The Balaban J connectivity index is 3.41. The highest BCUT2D eigenvalue weighted by molar-refractivity contribution is 5.84. The fourth-order valence-electron chi connectivity index (χ4n) is 1.64. The number of nitro groups is 1. The van der Waals surface area contributed by atoms with Crippen LogP contribution in [0.15, 0.2) is 12.1 Å². The maximum absolute atomic E-state index is 10.9. The summed E-state index contributed by atoms with van der Waals surface area (Å²) in [5.41, 5.74) is 0.0734. The molecule has 0 amide bonds. The van der Waals surface area contributed by atoms with Crippen molar-refractivity contribution in [2.24, 2.45) is 0 Å². The number of nitro benzene ring substituents is 1. The molecule has 0 spiro atoms. The van der Waals surface area contributed by atoms with Crippen molar-refractivity contribution in [1.82, 2.24) is 0 Å². The molecule has 0 aliphatic carbocycles. The van der Waals surface area contributed by atoms with Gasteiger partial charge in [0.15, 0.2) is 6.29 Å². The van der Waals surface area contributed by atoms with E-state index in [0.29, 0.717) is 25.1 Å². The third-order valence-electron chi connectivity index (χ3n) is 2.55. The Labute approximate surface area is 98.6 Å². The van der Waals surface area contributed by atoms with Crippen molar-refractivity contribution in [2.45, 2.75) is 13.8 Å². The van der Waals surface area contributed by atoms with Gasteiger partial charge in [0.1, 0.15) is 11.4 Å². The Morgan fingerprint density at radius 1 is 1.41 bits per heavy atom. The molecular formula is C11H14N2O4. The highest BCUT2D eigenvalue weighted by Gasteiger charge is 2.21. The van der Waals surface area contributed by atoms with Crippen molar-refractivity contribution in [2.75, 3.05) is 18.0 Å². The van der Waals surface area contributed by atoms with Crippen LogP contribution >= 0.6 is 0 Å². The fraction of sp³-hybridized carbons (Fsp3) is 0.364. The number of nitrogens with zero attached hydrogens (tertiary/aromatic N) is 2. The summed E-state index contributed by atoms with van der Waals surface area (Å²) in [6.45, 7) is 4.88. The number of carbonyl (C=O) groups excluding carboxylic acids is 1. The molecule has 1 rings (SSSR count). The highest BCUT2D eigenvalue weighted by Crippen LogP contribution is 2.33. The van der Waals surface area contributed by atoms with Crippen molar-refractivity contribution < 1.29 is 14.8 Å². The van der Waals surface area contributed by atoms with Crippen LogP contribution in [0.1, 0.15) is 24.2 Å². The zero-order valence-corrected chi connectivity index (χ0v) is 9.71. The minimum Gasteiger partial charge on any atom is -0.507 e. The Hall–Kier alpha value is -2.11. The number of benzene rings is 1. The van der Waals surface area contributed by atoms with Gasteiger partial charge in [0.2, 0.25) is 0 Å². The number of hydrogen-bond acceptors (Lipinski definition) is 5. The number of anilines is 1. The number of rotatable bonds is 5. The molecular weight excluding hydrogens is 224 g/mol. The lowest BCUT2D eigenvalue weighted by Crippen LogP contribution is -2.22. The molecule has 6 heteroatoms. The van der Waals surface area contributed by atoms with Crippen LogP contribution in [0.25, 0.3) is 0 Å². The molecule has 0 aliphatic rings. The van der Waals surface area contributed by atoms with Gasteiger partial charge in [-0.25, -0.2) is 0 Å². The summed E-state index contributed by atoms with van der Waals surface area (Å²) in [6, 6.07) is 2.35. The Morgan fingerprint density at radius 3 is 2.41 bits per heavy atom. The Bertz CT molecular complexity index is 441. The second-order valence-corrected chi connectivity index (χ2v) is 3.45. The Kier molecular flexibility index (Phi) is 4.03.